The van der Waals surface area contributed by atoms with E-state index in [1.54, 1.807) is 18.2 Å². The fourth-order valence-corrected chi connectivity index (χ4v) is 1.38. The number of esters is 1. The van der Waals surface area contributed by atoms with E-state index in [-0.39, 0.29) is 13.2 Å². The number of ether oxygens (including phenoxy) is 2. The minimum absolute atomic E-state index is 0.206. The summed E-state index contributed by atoms with van der Waals surface area (Å²) in [7, 11) is 2.75. The van der Waals surface area contributed by atoms with E-state index >= 15 is 0 Å². The first kappa shape index (κ1) is 14.3. The quantitative estimate of drug-likeness (QED) is 0.631. The number of carbonyl (C=O) groups excluding carboxylic acids is 1. The molecule has 1 aromatic rings. The molecule has 0 fully saturated rings. The van der Waals surface area contributed by atoms with Gasteiger partial charge in [-0.05, 0) is 12.1 Å². The smallest absolute Gasteiger partial charge is 0.341 e. The number of aliphatic hydroxyl groups excluding tert-OH is 2. The van der Waals surface area contributed by atoms with Crippen LogP contribution in [0.25, 0.3) is 0 Å². The normalized spacial score (nSPS) is 11.8. The highest BCUT2D eigenvalue weighted by molar-refractivity contribution is 5.93. The summed E-state index contributed by atoms with van der Waals surface area (Å²) in [4.78, 5) is 11.4. The summed E-state index contributed by atoms with van der Waals surface area (Å²) in [6.07, 6.45) is -0.837. The van der Waals surface area contributed by atoms with Crippen molar-refractivity contribution in [2.24, 2.45) is 0 Å². The molecular formula is C12H17NO5. The Bertz CT molecular complexity index is 407. The Labute approximate surface area is 105 Å². The molecule has 6 heteroatoms. The highest BCUT2D eigenvalue weighted by atomic mass is 16.5. The van der Waals surface area contributed by atoms with Crippen LogP contribution in [0.3, 0.4) is 0 Å². The number of anilines is 1. The van der Waals surface area contributed by atoms with Gasteiger partial charge in [0.05, 0.1) is 26.9 Å². The molecule has 100 valence electrons. The Morgan fingerprint density at radius 1 is 1.44 bits per heavy atom. The molecule has 0 amide bonds. The lowest BCUT2D eigenvalue weighted by Gasteiger charge is -2.12. The van der Waals surface area contributed by atoms with Crippen LogP contribution in [0, 0.1) is 0 Å². The lowest BCUT2D eigenvalue weighted by Crippen LogP contribution is -2.23. The summed E-state index contributed by atoms with van der Waals surface area (Å²) < 4.78 is 9.71. The Morgan fingerprint density at radius 3 is 2.72 bits per heavy atom. The van der Waals surface area contributed by atoms with Gasteiger partial charge in [-0.1, -0.05) is 0 Å². The third-order valence-electron chi connectivity index (χ3n) is 2.36. The number of carbonyl (C=O) groups is 1. The van der Waals surface area contributed by atoms with Crippen molar-refractivity contribution in [1.29, 1.82) is 0 Å². The second kappa shape index (κ2) is 6.83. The van der Waals surface area contributed by atoms with Gasteiger partial charge in [0.1, 0.15) is 11.3 Å². The Hall–Kier alpha value is -1.79. The highest BCUT2D eigenvalue weighted by Crippen LogP contribution is 2.23. The Morgan fingerprint density at radius 2 is 2.17 bits per heavy atom. The van der Waals surface area contributed by atoms with Gasteiger partial charge in [-0.15, -0.1) is 0 Å². The molecule has 1 unspecified atom stereocenters. The van der Waals surface area contributed by atoms with Crippen molar-refractivity contribution in [2.45, 2.75) is 6.10 Å². The number of benzene rings is 1. The van der Waals surface area contributed by atoms with Gasteiger partial charge in [-0.2, -0.15) is 0 Å². The van der Waals surface area contributed by atoms with Crippen LogP contribution in [0.4, 0.5) is 5.69 Å². The molecule has 0 aliphatic carbocycles. The molecule has 0 aliphatic heterocycles. The van der Waals surface area contributed by atoms with Crippen LogP contribution >= 0.6 is 0 Å². The predicted octanol–water partition coefficient (Wildman–Crippen LogP) is 0.247. The zero-order valence-electron chi connectivity index (χ0n) is 10.3. The molecule has 0 saturated carbocycles. The summed E-state index contributed by atoms with van der Waals surface area (Å²) >= 11 is 0. The molecule has 0 spiro atoms. The van der Waals surface area contributed by atoms with Crippen molar-refractivity contribution in [3.8, 4) is 5.75 Å². The summed E-state index contributed by atoms with van der Waals surface area (Å²) in [6.45, 7) is -0.110. The van der Waals surface area contributed by atoms with Crippen molar-refractivity contribution in [3.63, 3.8) is 0 Å². The minimum atomic E-state index is -0.837. The maximum absolute atomic E-state index is 11.4. The zero-order chi connectivity index (χ0) is 13.5. The lowest BCUT2D eigenvalue weighted by molar-refractivity contribution is 0.0597. The van der Waals surface area contributed by atoms with Gasteiger partial charge < -0.3 is 25.0 Å². The SMILES string of the molecule is COC(=O)c1ccc(NCC(O)CO)cc1OC. The van der Waals surface area contributed by atoms with E-state index in [1.165, 1.54) is 14.2 Å². The van der Waals surface area contributed by atoms with Crippen LogP contribution in [0.15, 0.2) is 18.2 Å². The summed E-state index contributed by atoms with van der Waals surface area (Å²) in [6, 6.07) is 4.85. The van der Waals surface area contributed by atoms with E-state index in [1.807, 2.05) is 0 Å². The summed E-state index contributed by atoms with van der Waals surface area (Å²) in [5.74, 6) is -0.0980. The van der Waals surface area contributed by atoms with Crippen LogP contribution in [0.2, 0.25) is 0 Å². The fraction of sp³-hybridized carbons (Fsp3) is 0.417. The van der Waals surface area contributed by atoms with Crippen LogP contribution < -0.4 is 10.1 Å². The molecule has 0 aromatic heterocycles. The van der Waals surface area contributed by atoms with Gasteiger partial charge >= 0.3 is 5.97 Å². The molecule has 1 rings (SSSR count). The maximum atomic E-state index is 11.4. The van der Waals surface area contributed by atoms with Crippen molar-refractivity contribution in [2.75, 3.05) is 32.7 Å². The number of aliphatic hydroxyl groups is 2. The summed E-state index contributed by atoms with van der Waals surface area (Å²) in [5, 5.41) is 20.8. The summed E-state index contributed by atoms with van der Waals surface area (Å²) in [5.41, 5.74) is 1.00. The Balaban J connectivity index is 2.82. The van der Waals surface area contributed by atoms with Crippen molar-refractivity contribution in [1.82, 2.24) is 0 Å². The molecule has 18 heavy (non-hydrogen) atoms. The standard InChI is InChI=1S/C12H17NO5/c1-17-11-5-8(13-6-9(15)7-14)3-4-10(11)12(16)18-2/h3-5,9,13-15H,6-7H2,1-2H3. The van der Waals surface area contributed by atoms with E-state index in [4.69, 9.17) is 9.84 Å². The van der Waals surface area contributed by atoms with Crippen molar-refractivity contribution in [3.05, 3.63) is 23.8 Å². The lowest BCUT2D eigenvalue weighted by atomic mass is 10.1. The van der Waals surface area contributed by atoms with Crippen LogP contribution in [0.5, 0.6) is 5.75 Å². The molecule has 1 atom stereocenters. The van der Waals surface area contributed by atoms with Gasteiger partial charge in [0.2, 0.25) is 0 Å². The van der Waals surface area contributed by atoms with E-state index in [2.05, 4.69) is 10.1 Å². The molecule has 6 nitrogen and oxygen atoms in total. The van der Waals surface area contributed by atoms with Gasteiger partial charge in [0, 0.05) is 18.3 Å². The average molecular weight is 255 g/mol. The first-order chi connectivity index (χ1) is 8.62. The topological polar surface area (TPSA) is 88.0 Å². The number of nitrogens with one attached hydrogen (secondary N) is 1. The molecule has 0 radical (unpaired) electrons. The van der Waals surface area contributed by atoms with Gasteiger partial charge in [0.25, 0.3) is 0 Å². The molecular weight excluding hydrogens is 238 g/mol. The number of hydrogen-bond acceptors (Lipinski definition) is 6. The van der Waals surface area contributed by atoms with Gasteiger partial charge in [0.15, 0.2) is 0 Å². The van der Waals surface area contributed by atoms with Gasteiger partial charge in [-0.25, -0.2) is 4.79 Å². The first-order valence-corrected chi connectivity index (χ1v) is 5.41. The predicted molar refractivity (Wildman–Crippen MR) is 65.9 cm³/mol. The maximum Gasteiger partial charge on any atom is 0.341 e. The molecule has 1 aromatic carbocycles. The van der Waals surface area contributed by atoms with Crippen molar-refractivity contribution >= 4 is 11.7 Å². The average Bonchev–Trinajstić information content (AvgIpc) is 2.43. The van der Waals surface area contributed by atoms with Gasteiger partial charge in [-0.3, -0.25) is 0 Å². The Kier molecular flexibility index (Phi) is 5.41. The molecule has 3 N–H and O–H groups in total. The van der Waals surface area contributed by atoms with Crippen LogP contribution in [-0.4, -0.2) is 49.7 Å². The van der Waals surface area contributed by atoms with E-state index in [0.29, 0.717) is 17.0 Å². The van der Waals surface area contributed by atoms with Crippen molar-refractivity contribution < 1.29 is 24.5 Å². The van der Waals surface area contributed by atoms with Crippen LogP contribution in [0.1, 0.15) is 10.4 Å². The third kappa shape index (κ3) is 3.61. The highest BCUT2D eigenvalue weighted by Gasteiger charge is 2.13. The molecule has 0 aliphatic rings. The number of methoxy groups -OCH3 is 2. The number of rotatable bonds is 6. The fourth-order valence-electron chi connectivity index (χ4n) is 1.38. The minimum Gasteiger partial charge on any atom is -0.496 e. The molecule has 0 heterocycles. The molecule has 0 bridgehead atoms. The zero-order valence-corrected chi connectivity index (χ0v) is 10.3. The first-order valence-electron chi connectivity index (χ1n) is 5.41. The second-order valence-electron chi connectivity index (χ2n) is 3.62. The molecule has 0 saturated heterocycles. The largest absolute Gasteiger partial charge is 0.496 e. The van der Waals surface area contributed by atoms with E-state index in [9.17, 15) is 9.90 Å². The second-order valence-corrected chi connectivity index (χ2v) is 3.62. The van der Waals surface area contributed by atoms with E-state index < -0.39 is 12.1 Å². The third-order valence-corrected chi connectivity index (χ3v) is 2.36. The van der Waals surface area contributed by atoms with E-state index in [0.717, 1.165) is 0 Å². The van der Waals surface area contributed by atoms with Crippen LogP contribution in [-0.2, 0) is 4.74 Å². The number of hydrogen-bond donors (Lipinski definition) is 3. The monoisotopic (exact) mass is 255 g/mol.